The summed E-state index contributed by atoms with van der Waals surface area (Å²) in [7, 11) is 0. The number of rotatable bonds is 8. The minimum atomic E-state index is -1.08. The van der Waals surface area contributed by atoms with Crippen LogP contribution in [0.2, 0.25) is 10.0 Å². The number of nitrogens with zero attached hydrogens (tertiary/aromatic N) is 3. The minimum absolute atomic E-state index is 0.0246. The Labute approximate surface area is 228 Å². The second-order valence-corrected chi connectivity index (χ2v) is 10.5. The fourth-order valence-corrected chi connectivity index (χ4v) is 5.14. The number of aliphatic hydroxyl groups excluding tert-OH is 1. The molecule has 3 aromatic rings. The second-order valence-electron chi connectivity index (χ2n) is 9.68. The van der Waals surface area contributed by atoms with Gasteiger partial charge in [0, 0.05) is 37.3 Å². The molecule has 0 aliphatic carbocycles. The molecule has 0 saturated carbocycles. The first-order valence-corrected chi connectivity index (χ1v) is 13.0. The zero-order valence-electron chi connectivity index (χ0n) is 20.9. The normalized spacial score (nSPS) is 18.6. The molecule has 1 saturated heterocycles. The maximum absolute atomic E-state index is 11.3. The smallest absolute Gasteiger partial charge is 0.121 e. The number of β-amino-alcohol motifs (C(OH)–C–C–N with tert-alkyl or cyclic N) is 1. The molecule has 8 heteroatoms. The highest BCUT2D eigenvalue weighted by atomic mass is 35.5. The Morgan fingerprint density at radius 1 is 1.08 bits per heavy atom. The van der Waals surface area contributed by atoms with Crippen LogP contribution in [-0.2, 0) is 5.60 Å². The van der Waals surface area contributed by atoms with Crippen molar-refractivity contribution in [2.45, 2.75) is 31.6 Å². The monoisotopic (exact) mass is 539 g/mol. The van der Waals surface area contributed by atoms with Crippen molar-refractivity contribution in [1.29, 1.82) is 5.26 Å². The zero-order valence-corrected chi connectivity index (χ0v) is 22.5. The number of ether oxygens (including phenoxy) is 1. The van der Waals surface area contributed by atoms with Crippen LogP contribution in [0.25, 0.3) is 0 Å². The van der Waals surface area contributed by atoms with Crippen molar-refractivity contribution < 1.29 is 14.9 Å². The Morgan fingerprint density at radius 3 is 2.41 bits per heavy atom. The molecule has 0 unspecified atom stereocenters. The molecular formula is C29H31Cl2N3O3. The molecule has 0 spiro atoms. The van der Waals surface area contributed by atoms with Gasteiger partial charge in [-0.25, -0.2) is 0 Å². The summed E-state index contributed by atoms with van der Waals surface area (Å²) in [6, 6.07) is 22.6. The highest BCUT2D eigenvalue weighted by Crippen LogP contribution is 2.38. The standard InChI is InChI=1S/C29H31Cl2N3O3/c1-20(18-35)37-25-11-12-27(26(31)15-25)34-14-13-33(17-28(34)22-5-9-24(30)10-6-22)19-29(2,36)23-7-3-21(16-32)4-8-23/h3-12,15,20,28,35-36H,13-14,17-19H2,1-2H3/t20-,28+,29-/m1/s1. The van der Waals surface area contributed by atoms with Crippen molar-refractivity contribution in [3.05, 3.63) is 93.5 Å². The molecule has 2 N–H and O–H groups in total. The Kier molecular flexibility index (Phi) is 8.63. The largest absolute Gasteiger partial charge is 0.488 e. The topological polar surface area (TPSA) is 80.0 Å². The first kappa shape index (κ1) is 27.3. The van der Waals surface area contributed by atoms with Gasteiger partial charge in [0.1, 0.15) is 11.9 Å². The molecule has 1 fully saturated rings. The average Bonchev–Trinajstić information content (AvgIpc) is 2.89. The molecule has 3 aromatic carbocycles. The van der Waals surface area contributed by atoms with Crippen LogP contribution in [0.4, 0.5) is 5.69 Å². The predicted molar refractivity (Wildman–Crippen MR) is 147 cm³/mol. The van der Waals surface area contributed by atoms with Gasteiger partial charge in [0.2, 0.25) is 0 Å². The molecule has 37 heavy (non-hydrogen) atoms. The van der Waals surface area contributed by atoms with E-state index in [-0.39, 0.29) is 18.8 Å². The van der Waals surface area contributed by atoms with Gasteiger partial charge in [-0.2, -0.15) is 5.26 Å². The molecule has 6 nitrogen and oxygen atoms in total. The van der Waals surface area contributed by atoms with Gasteiger partial charge in [-0.3, -0.25) is 4.90 Å². The number of hydrogen-bond donors (Lipinski definition) is 2. The Morgan fingerprint density at radius 2 is 1.78 bits per heavy atom. The number of nitriles is 1. The van der Waals surface area contributed by atoms with E-state index in [1.165, 1.54) is 0 Å². The maximum Gasteiger partial charge on any atom is 0.121 e. The third kappa shape index (κ3) is 6.56. The highest BCUT2D eigenvalue weighted by Gasteiger charge is 2.34. The van der Waals surface area contributed by atoms with Crippen LogP contribution in [0.15, 0.2) is 66.7 Å². The summed E-state index contributed by atoms with van der Waals surface area (Å²) in [6.45, 7) is 6.06. The first-order valence-electron chi connectivity index (χ1n) is 12.2. The van der Waals surface area contributed by atoms with Crippen LogP contribution in [0.5, 0.6) is 5.75 Å². The van der Waals surface area contributed by atoms with E-state index >= 15 is 0 Å². The summed E-state index contributed by atoms with van der Waals surface area (Å²) >= 11 is 12.9. The summed E-state index contributed by atoms with van der Waals surface area (Å²) in [5.74, 6) is 0.607. The Bertz CT molecular complexity index is 1240. The number of aliphatic hydroxyl groups is 2. The summed E-state index contributed by atoms with van der Waals surface area (Å²) < 4.78 is 5.72. The molecule has 0 amide bonds. The summed E-state index contributed by atoms with van der Waals surface area (Å²) in [5, 5.41) is 31.0. The van der Waals surface area contributed by atoms with Crippen molar-refractivity contribution in [2.75, 3.05) is 37.7 Å². The van der Waals surface area contributed by atoms with Crippen molar-refractivity contribution in [3.8, 4) is 11.8 Å². The van der Waals surface area contributed by atoms with E-state index in [0.29, 0.717) is 41.0 Å². The molecule has 4 rings (SSSR count). The van der Waals surface area contributed by atoms with Gasteiger partial charge >= 0.3 is 0 Å². The van der Waals surface area contributed by atoms with Crippen LogP contribution in [0.1, 0.15) is 36.6 Å². The Hall–Kier alpha value is -2.79. The van der Waals surface area contributed by atoms with Gasteiger partial charge in [0.25, 0.3) is 0 Å². The zero-order chi connectivity index (χ0) is 26.6. The lowest BCUT2D eigenvalue weighted by molar-refractivity contribution is 0.0103. The fourth-order valence-electron chi connectivity index (χ4n) is 4.74. The molecule has 0 bridgehead atoms. The van der Waals surface area contributed by atoms with E-state index in [1.807, 2.05) is 48.5 Å². The van der Waals surface area contributed by atoms with E-state index in [4.69, 9.17) is 33.2 Å². The number of benzene rings is 3. The summed E-state index contributed by atoms with van der Waals surface area (Å²) in [5.41, 5.74) is 2.24. The number of anilines is 1. The third-order valence-corrected chi connectivity index (χ3v) is 7.26. The van der Waals surface area contributed by atoms with Crippen molar-refractivity contribution >= 4 is 28.9 Å². The average molecular weight is 540 g/mol. The number of halogens is 2. The van der Waals surface area contributed by atoms with Gasteiger partial charge < -0.3 is 19.8 Å². The van der Waals surface area contributed by atoms with E-state index in [9.17, 15) is 10.2 Å². The minimum Gasteiger partial charge on any atom is -0.488 e. The lowest BCUT2D eigenvalue weighted by Gasteiger charge is -2.45. The maximum atomic E-state index is 11.3. The molecule has 3 atom stereocenters. The molecule has 1 heterocycles. The number of hydrogen-bond acceptors (Lipinski definition) is 6. The summed E-state index contributed by atoms with van der Waals surface area (Å²) in [4.78, 5) is 4.53. The molecule has 194 valence electrons. The van der Waals surface area contributed by atoms with Crippen LogP contribution in [0.3, 0.4) is 0 Å². The van der Waals surface area contributed by atoms with E-state index < -0.39 is 5.60 Å². The van der Waals surface area contributed by atoms with E-state index in [2.05, 4.69) is 15.9 Å². The van der Waals surface area contributed by atoms with Gasteiger partial charge in [0.05, 0.1) is 40.6 Å². The van der Waals surface area contributed by atoms with Gasteiger partial charge in [-0.1, -0.05) is 47.5 Å². The molecular weight excluding hydrogens is 509 g/mol. The van der Waals surface area contributed by atoms with Crippen molar-refractivity contribution in [1.82, 2.24) is 4.90 Å². The van der Waals surface area contributed by atoms with E-state index in [0.717, 1.165) is 23.4 Å². The van der Waals surface area contributed by atoms with Crippen LogP contribution >= 0.6 is 23.2 Å². The molecule has 1 aliphatic rings. The third-order valence-electron chi connectivity index (χ3n) is 6.71. The van der Waals surface area contributed by atoms with Gasteiger partial charge in [-0.05, 0) is 61.4 Å². The van der Waals surface area contributed by atoms with Crippen molar-refractivity contribution in [3.63, 3.8) is 0 Å². The second kappa shape index (κ2) is 11.7. The predicted octanol–water partition coefficient (Wildman–Crippen LogP) is 5.40. The molecule has 1 aliphatic heterocycles. The SMILES string of the molecule is C[C@H](CO)Oc1ccc(N2CCN(C[C@@](C)(O)c3ccc(C#N)cc3)C[C@H]2c2ccc(Cl)cc2)c(Cl)c1. The fraction of sp³-hybridized carbons (Fsp3) is 0.345. The van der Waals surface area contributed by atoms with Crippen LogP contribution < -0.4 is 9.64 Å². The van der Waals surface area contributed by atoms with Crippen LogP contribution in [0, 0.1) is 11.3 Å². The van der Waals surface area contributed by atoms with Crippen molar-refractivity contribution in [2.24, 2.45) is 0 Å². The molecule has 0 radical (unpaired) electrons. The van der Waals surface area contributed by atoms with Gasteiger partial charge in [-0.15, -0.1) is 0 Å². The van der Waals surface area contributed by atoms with Crippen LogP contribution in [-0.4, -0.2) is 54.0 Å². The molecule has 0 aromatic heterocycles. The lowest BCUT2D eigenvalue weighted by Crippen LogP contribution is -2.52. The quantitative estimate of drug-likeness (QED) is 0.399. The van der Waals surface area contributed by atoms with E-state index in [1.54, 1.807) is 32.0 Å². The highest BCUT2D eigenvalue weighted by molar-refractivity contribution is 6.33. The first-order chi connectivity index (χ1) is 17.7. The van der Waals surface area contributed by atoms with Gasteiger partial charge in [0.15, 0.2) is 0 Å². The lowest BCUT2D eigenvalue weighted by atomic mass is 9.93. The Balaban J connectivity index is 1.58. The number of piperazine rings is 1. The summed E-state index contributed by atoms with van der Waals surface area (Å²) in [6.07, 6.45) is -0.323.